The molecule has 3 aromatic carbocycles. The first-order valence-electron chi connectivity index (χ1n) is 15.8. The Labute approximate surface area is 283 Å². The molecule has 1 atom stereocenters. The number of sulfone groups is 1. The number of carbonyl (C=O) groups excluding carboxylic acids is 1. The van der Waals surface area contributed by atoms with Gasteiger partial charge in [0.15, 0.2) is 9.84 Å². The molecule has 1 aliphatic heterocycles. The summed E-state index contributed by atoms with van der Waals surface area (Å²) in [5.41, 5.74) is 0.981. The van der Waals surface area contributed by atoms with Crippen LogP contribution in [0.25, 0.3) is 22.2 Å². The molecular weight excluding hydrogens is 665 g/mol. The summed E-state index contributed by atoms with van der Waals surface area (Å²) >= 11 is 6.49. The third kappa shape index (κ3) is 8.01. The maximum absolute atomic E-state index is 14.4. The summed E-state index contributed by atoms with van der Waals surface area (Å²) in [6.45, 7) is 5.18. The van der Waals surface area contributed by atoms with E-state index in [1.165, 1.54) is 31.2 Å². The second-order valence-corrected chi connectivity index (χ2v) is 14.6. The van der Waals surface area contributed by atoms with Gasteiger partial charge in [0.25, 0.3) is 5.91 Å². The van der Waals surface area contributed by atoms with Gasteiger partial charge < -0.3 is 15.7 Å². The highest BCUT2D eigenvalue weighted by molar-refractivity contribution is 7.91. The average Bonchev–Trinajstić information content (AvgIpc) is 3.07. The maximum atomic E-state index is 14.4. The van der Waals surface area contributed by atoms with E-state index < -0.39 is 33.5 Å². The summed E-state index contributed by atoms with van der Waals surface area (Å²) in [4.78, 5) is 21.2. The molecular formula is C35H38ClF3N4O4S. The van der Waals surface area contributed by atoms with Crippen molar-refractivity contribution in [1.29, 1.82) is 0 Å². The minimum absolute atomic E-state index is 0.0168. The third-order valence-electron chi connectivity index (χ3n) is 8.71. The zero-order valence-corrected chi connectivity index (χ0v) is 28.2. The topological polar surface area (TPSA) is 112 Å². The van der Waals surface area contributed by atoms with Gasteiger partial charge in [0, 0.05) is 35.6 Å². The number of hydrogen-bond donors (Lipinski definition) is 3. The molecule has 1 aromatic heterocycles. The zero-order chi connectivity index (χ0) is 34.6. The fraction of sp³-hybridized carbons (Fsp3) is 0.371. The summed E-state index contributed by atoms with van der Waals surface area (Å²) in [6.07, 6.45) is -3.11. The Kier molecular flexibility index (Phi) is 11.1. The predicted molar refractivity (Wildman–Crippen MR) is 181 cm³/mol. The lowest BCUT2D eigenvalue weighted by atomic mass is 9.93. The Bertz CT molecular complexity index is 1880. The number of hydrogen-bond acceptors (Lipinski definition) is 7. The van der Waals surface area contributed by atoms with Crippen LogP contribution in [0.4, 0.5) is 13.2 Å². The molecule has 8 nitrogen and oxygen atoms in total. The number of carbonyl (C=O) groups is 1. The quantitative estimate of drug-likeness (QED) is 0.166. The van der Waals surface area contributed by atoms with Gasteiger partial charge in [-0.1, -0.05) is 61.0 Å². The largest absolute Gasteiger partial charge is 0.416 e. The molecule has 0 saturated carbocycles. The zero-order valence-electron chi connectivity index (χ0n) is 26.6. The Morgan fingerprint density at radius 2 is 1.79 bits per heavy atom. The van der Waals surface area contributed by atoms with Crippen LogP contribution in [0.2, 0.25) is 5.02 Å². The van der Waals surface area contributed by atoms with Crippen molar-refractivity contribution in [2.24, 2.45) is 0 Å². The second-order valence-electron chi connectivity index (χ2n) is 11.9. The number of aliphatic hydroxyl groups excluding tert-OH is 1. The highest BCUT2D eigenvalue weighted by atomic mass is 35.5. The molecule has 1 aliphatic rings. The van der Waals surface area contributed by atoms with Crippen molar-refractivity contribution in [3.05, 3.63) is 94.0 Å². The number of benzene rings is 3. The molecule has 1 amide bonds. The van der Waals surface area contributed by atoms with E-state index in [0.717, 1.165) is 30.5 Å². The Morgan fingerprint density at radius 1 is 1.08 bits per heavy atom. The molecule has 13 heteroatoms. The lowest BCUT2D eigenvalue weighted by Gasteiger charge is -2.33. The Balaban J connectivity index is 1.73. The van der Waals surface area contributed by atoms with Gasteiger partial charge >= 0.3 is 6.18 Å². The van der Waals surface area contributed by atoms with E-state index in [4.69, 9.17) is 16.6 Å². The van der Waals surface area contributed by atoms with Crippen molar-refractivity contribution in [3.63, 3.8) is 0 Å². The standard InChI is InChI=1S/C35H38ClF3N4O4S/c1-3-48(46,47)31-19-27-30(20-29(31)36)42-33(24-10-7-11-25(18-24)35(37,38)39)28(21-43-15-12-26(13-16-43)40-14-17-44)32(27)34(45)41-22(2)23-8-5-4-6-9-23/h4-11,18-20,22,26,40,44H,3,12-17,21H2,1-2H3,(H,41,45)/t22-/m0/s1. The van der Waals surface area contributed by atoms with Gasteiger partial charge in [0.2, 0.25) is 0 Å². The third-order valence-corrected chi connectivity index (χ3v) is 10.9. The molecule has 1 saturated heterocycles. The number of aromatic nitrogens is 1. The van der Waals surface area contributed by atoms with Crippen molar-refractivity contribution in [1.82, 2.24) is 20.5 Å². The molecule has 1 fully saturated rings. The van der Waals surface area contributed by atoms with Crippen LogP contribution in [0.15, 0.2) is 71.6 Å². The van der Waals surface area contributed by atoms with Gasteiger partial charge in [-0.05, 0) is 62.7 Å². The highest BCUT2D eigenvalue weighted by Crippen LogP contribution is 2.38. The molecule has 0 aliphatic carbocycles. The van der Waals surface area contributed by atoms with Crippen LogP contribution in [0.1, 0.15) is 59.8 Å². The molecule has 3 N–H and O–H groups in total. The smallest absolute Gasteiger partial charge is 0.395 e. The Morgan fingerprint density at radius 3 is 2.44 bits per heavy atom. The number of alkyl halides is 3. The first-order chi connectivity index (χ1) is 22.8. The fourth-order valence-corrected chi connectivity index (χ4v) is 7.55. The molecule has 0 radical (unpaired) electrons. The fourth-order valence-electron chi connectivity index (χ4n) is 6.07. The van der Waals surface area contributed by atoms with E-state index in [1.54, 1.807) is 0 Å². The van der Waals surface area contributed by atoms with E-state index in [0.29, 0.717) is 25.2 Å². The number of nitrogens with zero attached hydrogens (tertiary/aromatic N) is 2. The first-order valence-corrected chi connectivity index (χ1v) is 17.8. The lowest BCUT2D eigenvalue weighted by Crippen LogP contribution is -2.43. The van der Waals surface area contributed by atoms with Crippen molar-refractivity contribution < 1.29 is 31.5 Å². The first kappa shape index (κ1) is 35.7. The van der Waals surface area contributed by atoms with Gasteiger partial charge in [0.05, 0.1) is 50.7 Å². The number of amides is 1. The summed E-state index contributed by atoms with van der Waals surface area (Å²) in [6, 6.07) is 16.5. The molecule has 0 bridgehead atoms. The number of pyridine rings is 1. The monoisotopic (exact) mass is 702 g/mol. The van der Waals surface area contributed by atoms with Crippen molar-refractivity contribution in [2.75, 3.05) is 32.0 Å². The van der Waals surface area contributed by atoms with Crippen LogP contribution in [0, 0.1) is 0 Å². The minimum Gasteiger partial charge on any atom is -0.395 e. The summed E-state index contributed by atoms with van der Waals surface area (Å²) < 4.78 is 67.9. The maximum Gasteiger partial charge on any atom is 0.416 e. The van der Waals surface area contributed by atoms with Crippen LogP contribution in [0.3, 0.4) is 0 Å². The highest BCUT2D eigenvalue weighted by Gasteiger charge is 2.32. The van der Waals surface area contributed by atoms with Crippen molar-refractivity contribution >= 4 is 38.2 Å². The van der Waals surface area contributed by atoms with E-state index in [-0.39, 0.29) is 62.6 Å². The van der Waals surface area contributed by atoms with Gasteiger partial charge in [-0.25, -0.2) is 13.4 Å². The molecule has 48 heavy (non-hydrogen) atoms. The van der Waals surface area contributed by atoms with Gasteiger partial charge in [-0.3, -0.25) is 9.69 Å². The number of rotatable bonds is 11. The molecule has 4 aromatic rings. The SMILES string of the molecule is CCS(=O)(=O)c1cc2c(C(=O)N[C@@H](C)c3ccccc3)c(CN3CCC(NCCO)CC3)c(-c3cccc(C(F)(F)F)c3)nc2cc1Cl. The van der Waals surface area contributed by atoms with Gasteiger partial charge in [0.1, 0.15) is 0 Å². The minimum atomic E-state index is -4.62. The molecule has 0 spiro atoms. The number of piperidine rings is 1. The van der Waals surface area contributed by atoms with Crippen LogP contribution < -0.4 is 10.6 Å². The Hall–Kier alpha value is -3.55. The molecule has 5 rings (SSSR count). The summed E-state index contributed by atoms with van der Waals surface area (Å²) in [7, 11) is -3.82. The van der Waals surface area contributed by atoms with E-state index in [2.05, 4.69) is 15.5 Å². The second kappa shape index (κ2) is 14.9. The molecule has 0 unspecified atom stereocenters. The van der Waals surface area contributed by atoms with Crippen LogP contribution >= 0.6 is 11.6 Å². The van der Waals surface area contributed by atoms with Crippen LogP contribution in [-0.4, -0.2) is 67.4 Å². The predicted octanol–water partition coefficient (Wildman–Crippen LogP) is 6.40. The number of likely N-dealkylation sites (tertiary alicyclic amines) is 1. The van der Waals surface area contributed by atoms with Crippen LogP contribution in [0.5, 0.6) is 0 Å². The average molecular weight is 703 g/mol. The van der Waals surface area contributed by atoms with Crippen molar-refractivity contribution in [3.8, 4) is 11.3 Å². The number of aliphatic hydroxyl groups is 1. The number of fused-ring (bicyclic) bond motifs is 1. The normalized spacial score (nSPS) is 15.5. The van der Waals surface area contributed by atoms with Crippen molar-refractivity contribution in [2.45, 2.75) is 56.4 Å². The number of nitrogens with one attached hydrogen (secondary N) is 2. The molecule has 2 heterocycles. The number of halogens is 4. The van der Waals surface area contributed by atoms with Gasteiger partial charge in [-0.2, -0.15) is 13.2 Å². The lowest BCUT2D eigenvalue weighted by molar-refractivity contribution is -0.137. The van der Waals surface area contributed by atoms with E-state index >= 15 is 0 Å². The molecule has 256 valence electrons. The summed E-state index contributed by atoms with van der Waals surface area (Å²) in [5.74, 6) is -0.754. The van der Waals surface area contributed by atoms with Crippen LogP contribution in [-0.2, 0) is 22.6 Å². The van der Waals surface area contributed by atoms with Gasteiger partial charge in [-0.15, -0.1) is 0 Å². The summed E-state index contributed by atoms with van der Waals surface area (Å²) in [5, 5.41) is 15.7. The van der Waals surface area contributed by atoms with E-state index in [1.807, 2.05) is 37.3 Å². The van der Waals surface area contributed by atoms with E-state index in [9.17, 15) is 31.5 Å².